The Balaban J connectivity index is 1.92. The Morgan fingerprint density at radius 2 is 1.64 bits per heavy atom. The Kier molecular flexibility index (Phi) is 6.86. The first-order valence-electron chi connectivity index (χ1n) is 8.18. The molecule has 0 atom stereocenters. The molecule has 9 heteroatoms. The fourth-order valence-electron chi connectivity index (χ4n) is 2.45. The lowest BCUT2D eigenvalue weighted by Crippen LogP contribution is -2.34. The van der Waals surface area contributed by atoms with E-state index < -0.39 is 30.1 Å². The topological polar surface area (TPSA) is 76.7 Å². The van der Waals surface area contributed by atoms with Gasteiger partial charge in [-0.25, -0.2) is 0 Å². The SMILES string of the molecule is COc1ccc(CC(=O)NCC(=O)Nc2ccccc2C(F)(F)F)cc1OC. The summed E-state index contributed by atoms with van der Waals surface area (Å²) < 4.78 is 49.0. The number of para-hydroxylation sites is 1. The van der Waals surface area contributed by atoms with Crippen molar-refractivity contribution >= 4 is 17.5 Å². The first kappa shape index (κ1) is 21.1. The quantitative estimate of drug-likeness (QED) is 0.754. The van der Waals surface area contributed by atoms with Gasteiger partial charge in [0.1, 0.15) is 0 Å². The summed E-state index contributed by atoms with van der Waals surface area (Å²) in [4.78, 5) is 23.9. The summed E-state index contributed by atoms with van der Waals surface area (Å²) in [6.45, 7) is -0.460. The largest absolute Gasteiger partial charge is 0.493 e. The third kappa shape index (κ3) is 5.63. The molecule has 0 saturated carbocycles. The minimum atomic E-state index is -4.60. The molecule has 0 aromatic heterocycles. The van der Waals surface area contributed by atoms with Crippen LogP contribution in [0.4, 0.5) is 18.9 Å². The Morgan fingerprint density at radius 1 is 0.964 bits per heavy atom. The zero-order valence-electron chi connectivity index (χ0n) is 15.2. The number of carbonyl (C=O) groups is 2. The number of rotatable bonds is 7. The van der Waals surface area contributed by atoms with Crippen molar-refractivity contribution in [2.75, 3.05) is 26.1 Å². The number of halogens is 3. The lowest BCUT2D eigenvalue weighted by atomic mass is 10.1. The first-order valence-corrected chi connectivity index (χ1v) is 8.18. The number of anilines is 1. The van der Waals surface area contributed by atoms with E-state index in [4.69, 9.17) is 9.47 Å². The normalized spacial score (nSPS) is 10.9. The third-order valence-corrected chi connectivity index (χ3v) is 3.77. The predicted octanol–water partition coefficient (Wildman–Crippen LogP) is 3.02. The van der Waals surface area contributed by atoms with Crippen LogP contribution in [0.2, 0.25) is 0 Å². The highest BCUT2D eigenvalue weighted by Crippen LogP contribution is 2.34. The van der Waals surface area contributed by atoms with E-state index in [1.807, 2.05) is 0 Å². The predicted molar refractivity (Wildman–Crippen MR) is 96.3 cm³/mol. The molecule has 0 aliphatic heterocycles. The number of amides is 2. The molecule has 2 aromatic carbocycles. The highest BCUT2D eigenvalue weighted by molar-refractivity contribution is 5.95. The van der Waals surface area contributed by atoms with Crippen molar-refractivity contribution in [1.82, 2.24) is 5.32 Å². The van der Waals surface area contributed by atoms with E-state index in [1.165, 1.54) is 26.4 Å². The van der Waals surface area contributed by atoms with Crippen LogP contribution in [-0.2, 0) is 22.2 Å². The number of methoxy groups -OCH3 is 2. The Morgan fingerprint density at radius 3 is 2.29 bits per heavy atom. The van der Waals surface area contributed by atoms with Crippen LogP contribution in [0.15, 0.2) is 42.5 Å². The van der Waals surface area contributed by atoms with Crippen LogP contribution in [0, 0.1) is 0 Å². The second-order valence-electron chi connectivity index (χ2n) is 5.73. The average Bonchev–Trinajstić information content (AvgIpc) is 2.66. The summed E-state index contributed by atoms with van der Waals surface area (Å²) >= 11 is 0. The van der Waals surface area contributed by atoms with Gasteiger partial charge < -0.3 is 20.1 Å². The van der Waals surface area contributed by atoms with Crippen LogP contribution in [0.25, 0.3) is 0 Å². The van der Waals surface area contributed by atoms with E-state index in [0.29, 0.717) is 17.1 Å². The van der Waals surface area contributed by atoms with Crippen LogP contribution >= 0.6 is 0 Å². The van der Waals surface area contributed by atoms with Gasteiger partial charge in [0.15, 0.2) is 11.5 Å². The highest BCUT2D eigenvalue weighted by atomic mass is 19.4. The van der Waals surface area contributed by atoms with Crippen molar-refractivity contribution in [3.63, 3.8) is 0 Å². The van der Waals surface area contributed by atoms with E-state index in [-0.39, 0.29) is 12.1 Å². The zero-order chi connectivity index (χ0) is 20.7. The lowest BCUT2D eigenvalue weighted by Gasteiger charge is -2.14. The van der Waals surface area contributed by atoms with E-state index in [9.17, 15) is 22.8 Å². The molecule has 0 bridgehead atoms. The van der Waals surface area contributed by atoms with Gasteiger partial charge in [0.2, 0.25) is 11.8 Å². The molecule has 0 spiro atoms. The summed E-state index contributed by atoms with van der Waals surface area (Å²) in [7, 11) is 2.95. The zero-order valence-corrected chi connectivity index (χ0v) is 15.2. The van der Waals surface area contributed by atoms with Crippen molar-refractivity contribution in [3.05, 3.63) is 53.6 Å². The van der Waals surface area contributed by atoms with Gasteiger partial charge in [0.05, 0.1) is 38.4 Å². The number of ether oxygens (including phenoxy) is 2. The van der Waals surface area contributed by atoms with Crippen molar-refractivity contribution < 1.29 is 32.2 Å². The van der Waals surface area contributed by atoms with Gasteiger partial charge in [-0.2, -0.15) is 13.2 Å². The molecule has 0 saturated heterocycles. The molecule has 0 heterocycles. The molecule has 0 aliphatic rings. The van der Waals surface area contributed by atoms with Gasteiger partial charge in [-0.3, -0.25) is 9.59 Å². The van der Waals surface area contributed by atoms with Crippen molar-refractivity contribution in [2.45, 2.75) is 12.6 Å². The third-order valence-electron chi connectivity index (χ3n) is 3.77. The fraction of sp³-hybridized carbons (Fsp3) is 0.263. The molecule has 150 valence electrons. The molecular formula is C19H19F3N2O4. The number of hydrogen-bond donors (Lipinski definition) is 2. The van der Waals surface area contributed by atoms with Crippen molar-refractivity contribution in [2.24, 2.45) is 0 Å². The molecule has 0 aliphatic carbocycles. The Bertz CT molecular complexity index is 853. The van der Waals surface area contributed by atoms with Crippen LogP contribution in [0.1, 0.15) is 11.1 Å². The Labute approximate surface area is 159 Å². The summed E-state index contributed by atoms with van der Waals surface area (Å²) in [5, 5.41) is 4.53. The van der Waals surface area contributed by atoms with Gasteiger partial charge in [0.25, 0.3) is 0 Å². The maximum absolute atomic E-state index is 12.9. The number of hydrogen-bond acceptors (Lipinski definition) is 4. The number of nitrogens with one attached hydrogen (secondary N) is 2. The monoisotopic (exact) mass is 396 g/mol. The molecule has 28 heavy (non-hydrogen) atoms. The van der Waals surface area contributed by atoms with Gasteiger partial charge in [-0.05, 0) is 29.8 Å². The second-order valence-corrected chi connectivity index (χ2v) is 5.73. The van der Waals surface area contributed by atoms with Crippen LogP contribution in [0.5, 0.6) is 11.5 Å². The molecule has 0 radical (unpaired) electrons. The van der Waals surface area contributed by atoms with E-state index in [0.717, 1.165) is 12.1 Å². The van der Waals surface area contributed by atoms with Gasteiger partial charge >= 0.3 is 6.18 Å². The summed E-state index contributed by atoms with van der Waals surface area (Å²) in [5.74, 6) is -0.271. The molecule has 2 aromatic rings. The minimum Gasteiger partial charge on any atom is -0.493 e. The Hall–Kier alpha value is -3.23. The maximum atomic E-state index is 12.9. The molecule has 2 N–H and O–H groups in total. The number of benzene rings is 2. The number of alkyl halides is 3. The second kappa shape index (κ2) is 9.12. The minimum absolute atomic E-state index is 0.0349. The molecule has 2 rings (SSSR count). The smallest absolute Gasteiger partial charge is 0.418 e. The fourth-order valence-corrected chi connectivity index (χ4v) is 2.45. The molecule has 2 amide bonds. The summed E-state index contributed by atoms with van der Waals surface area (Å²) in [5.41, 5.74) is -0.702. The molecule has 0 unspecified atom stereocenters. The van der Waals surface area contributed by atoms with E-state index in [2.05, 4.69) is 10.6 Å². The van der Waals surface area contributed by atoms with Crippen molar-refractivity contribution in [3.8, 4) is 11.5 Å². The first-order chi connectivity index (χ1) is 13.2. The van der Waals surface area contributed by atoms with Gasteiger partial charge in [0, 0.05) is 0 Å². The van der Waals surface area contributed by atoms with Crippen LogP contribution in [0.3, 0.4) is 0 Å². The van der Waals surface area contributed by atoms with E-state index in [1.54, 1.807) is 18.2 Å². The average molecular weight is 396 g/mol. The summed E-state index contributed by atoms with van der Waals surface area (Å²) in [6.07, 6.45) is -4.63. The van der Waals surface area contributed by atoms with Gasteiger partial charge in [-0.15, -0.1) is 0 Å². The number of carbonyl (C=O) groups excluding carboxylic acids is 2. The lowest BCUT2D eigenvalue weighted by molar-refractivity contribution is -0.137. The summed E-state index contributed by atoms with van der Waals surface area (Å²) in [6, 6.07) is 9.54. The molecular weight excluding hydrogens is 377 g/mol. The van der Waals surface area contributed by atoms with E-state index >= 15 is 0 Å². The molecule has 6 nitrogen and oxygen atoms in total. The van der Waals surface area contributed by atoms with Crippen LogP contribution in [-0.4, -0.2) is 32.6 Å². The highest BCUT2D eigenvalue weighted by Gasteiger charge is 2.33. The van der Waals surface area contributed by atoms with Crippen LogP contribution < -0.4 is 20.1 Å². The van der Waals surface area contributed by atoms with Crippen molar-refractivity contribution in [1.29, 1.82) is 0 Å². The standard InChI is InChI=1S/C19H19F3N2O4/c1-27-15-8-7-12(9-16(15)28-2)10-17(25)23-11-18(26)24-14-6-4-3-5-13(14)19(20,21)22/h3-9H,10-11H2,1-2H3,(H,23,25)(H,24,26). The van der Waals surface area contributed by atoms with Gasteiger partial charge in [-0.1, -0.05) is 18.2 Å². The maximum Gasteiger partial charge on any atom is 0.418 e. The molecule has 0 fully saturated rings.